The van der Waals surface area contributed by atoms with Crippen LogP contribution in [0.5, 0.6) is 0 Å². The van der Waals surface area contributed by atoms with Crippen molar-refractivity contribution in [1.29, 1.82) is 0 Å². The Kier molecular flexibility index (Phi) is 4.25. The van der Waals surface area contributed by atoms with E-state index in [0.717, 1.165) is 25.7 Å². The summed E-state index contributed by atoms with van der Waals surface area (Å²) in [5.41, 5.74) is -1.05. The molecule has 0 aromatic carbocycles. The Hall–Kier alpha value is -1.26. The molecule has 1 heterocycles. The quantitative estimate of drug-likeness (QED) is 0.817. The van der Waals surface area contributed by atoms with Gasteiger partial charge in [0, 0.05) is 12.6 Å². The molecule has 4 unspecified atom stereocenters. The molecule has 2 fully saturated rings. The first-order valence-corrected chi connectivity index (χ1v) is 7.66. The second-order valence-electron chi connectivity index (χ2n) is 6.79. The summed E-state index contributed by atoms with van der Waals surface area (Å²) in [5.74, 6) is 0.270. The largest absolute Gasteiger partial charge is 0.480 e. The molecule has 2 aliphatic rings. The lowest BCUT2D eigenvalue weighted by molar-refractivity contribution is -0.147. The Bertz CT molecular complexity index is 399. The van der Waals surface area contributed by atoms with Gasteiger partial charge in [0.15, 0.2) is 0 Å². The Morgan fingerprint density at radius 1 is 1.30 bits per heavy atom. The SMILES string of the molecule is CC1CCC(NC(=O)N2CCCC2(C)C(=O)O)C(C)C1. The number of carboxylic acid groups (broad SMARTS) is 1. The van der Waals surface area contributed by atoms with Crippen LogP contribution in [-0.4, -0.2) is 40.1 Å². The number of likely N-dealkylation sites (tertiary alicyclic amines) is 1. The van der Waals surface area contributed by atoms with Crippen molar-refractivity contribution >= 4 is 12.0 Å². The van der Waals surface area contributed by atoms with E-state index in [1.165, 1.54) is 4.90 Å². The van der Waals surface area contributed by atoms with Crippen molar-refractivity contribution in [3.63, 3.8) is 0 Å². The van der Waals surface area contributed by atoms with Gasteiger partial charge in [-0.3, -0.25) is 0 Å². The van der Waals surface area contributed by atoms with Crippen molar-refractivity contribution in [1.82, 2.24) is 10.2 Å². The fourth-order valence-corrected chi connectivity index (χ4v) is 3.63. The van der Waals surface area contributed by atoms with Gasteiger partial charge >= 0.3 is 12.0 Å². The zero-order chi connectivity index (χ0) is 14.9. The highest BCUT2D eigenvalue weighted by Crippen LogP contribution is 2.31. The first-order valence-electron chi connectivity index (χ1n) is 7.66. The first kappa shape index (κ1) is 15.1. The van der Waals surface area contributed by atoms with Crippen LogP contribution in [0.3, 0.4) is 0 Å². The highest BCUT2D eigenvalue weighted by atomic mass is 16.4. The third-order valence-electron chi connectivity index (χ3n) is 5.09. The number of nitrogens with zero attached hydrogens (tertiary/aromatic N) is 1. The molecule has 0 spiro atoms. The van der Waals surface area contributed by atoms with E-state index in [4.69, 9.17) is 0 Å². The molecule has 1 aliphatic heterocycles. The minimum Gasteiger partial charge on any atom is -0.480 e. The van der Waals surface area contributed by atoms with E-state index in [0.29, 0.717) is 24.8 Å². The van der Waals surface area contributed by atoms with Crippen molar-refractivity contribution in [2.75, 3.05) is 6.54 Å². The van der Waals surface area contributed by atoms with Gasteiger partial charge in [0.1, 0.15) is 5.54 Å². The summed E-state index contributed by atoms with van der Waals surface area (Å²) in [6.45, 7) is 6.60. The molecule has 1 saturated carbocycles. The monoisotopic (exact) mass is 282 g/mol. The van der Waals surface area contributed by atoms with Crippen LogP contribution in [0.25, 0.3) is 0 Å². The fourth-order valence-electron chi connectivity index (χ4n) is 3.63. The van der Waals surface area contributed by atoms with Gasteiger partial charge < -0.3 is 15.3 Å². The molecule has 0 bridgehead atoms. The van der Waals surface area contributed by atoms with Crippen molar-refractivity contribution in [3.05, 3.63) is 0 Å². The fraction of sp³-hybridized carbons (Fsp3) is 0.867. The lowest BCUT2D eigenvalue weighted by Crippen LogP contribution is -2.56. The first-order chi connectivity index (χ1) is 9.34. The number of carbonyl (C=O) groups is 2. The minimum atomic E-state index is -1.05. The topological polar surface area (TPSA) is 69.6 Å². The third-order valence-corrected chi connectivity index (χ3v) is 5.09. The van der Waals surface area contributed by atoms with Crippen molar-refractivity contribution in [2.24, 2.45) is 11.8 Å². The van der Waals surface area contributed by atoms with E-state index in [1.807, 2.05) is 0 Å². The molecule has 20 heavy (non-hydrogen) atoms. The zero-order valence-corrected chi connectivity index (χ0v) is 12.7. The average Bonchev–Trinajstić information content (AvgIpc) is 2.76. The van der Waals surface area contributed by atoms with E-state index < -0.39 is 11.5 Å². The minimum absolute atomic E-state index is 0.178. The molecule has 5 heteroatoms. The highest BCUT2D eigenvalue weighted by Gasteiger charge is 2.46. The second kappa shape index (κ2) is 5.62. The molecule has 5 nitrogen and oxygen atoms in total. The number of aliphatic carboxylic acids is 1. The predicted molar refractivity (Wildman–Crippen MR) is 76.5 cm³/mol. The van der Waals surface area contributed by atoms with Crippen LogP contribution in [0, 0.1) is 11.8 Å². The third kappa shape index (κ3) is 2.76. The van der Waals surface area contributed by atoms with E-state index in [-0.39, 0.29) is 12.1 Å². The Balaban J connectivity index is 2.00. The zero-order valence-electron chi connectivity index (χ0n) is 12.7. The smallest absolute Gasteiger partial charge is 0.329 e. The van der Waals surface area contributed by atoms with E-state index in [9.17, 15) is 14.7 Å². The Morgan fingerprint density at radius 2 is 2.00 bits per heavy atom. The Labute approximate surface area is 120 Å². The van der Waals surface area contributed by atoms with Gasteiger partial charge in [0.2, 0.25) is 0 Å². The number of amides is 2. The molecule has 0 aromatic rings. The van der Waals surface area contributed by atoms with Crippen molar-refractivity contribution < 1.29 is 14.7 Å². The molecular weight excluding hydrogens is 256 g/mol. The van der Waals surface area contributed by atoms with E-state index >= 15 is 0 Å². The van der Waals surface area contributed by atoms with Crippen LogP contribution in [0.1, 0.15) is 52.9 Å². The van der Waals surface area contributed by atoms with Crippen LogP contribution in [-0.2, 0) is 4.79 Å². The van der Waals surface area contributed by atoms with Gasteiger partial charge in [0.25, 0.3) is 0 Å². The number of hydrogen-bond donors (Lipinski definition) is 2. The molecule has 2 rings (SSSR count). The van der Waals surface area contributed by atoms with Gasteiger partial charge in [-0.05, 0) is 50.9 Å². The van der Waals surface area contributed by atoms with Gasteiger partial charge in [-0.25, -0.2) is 9.59 Å². The Morgan fingerprint density at radius 3 is 2.60 bits per heavy atom. The van der Waals surface area contributed by atoms with Crippen LogP contribution >= 0.6 is 0 Å². The second-order valence-corrected chi connectivity index (χ2v) is 6.79. The normalized spacial score (nSPS) is 37.8. The van der Waals surface area contributed by atoms with Crippen LogP contribution in [0.15, 0.2) is 0 Å². The van der Waals surface area contributed by atoms with Crippen LogP contribution in [0.2, 0.25) is 0 Å². The summed E-state index contributed by atoms with van der Waals surface area (Å²) in [4.78, 5) is 25.3. The highest BCUT2D eigenvalue weighted by molar-refractivity contribution is 5.86. The lowest BCUT2D eigenvalue weighted by atomic mass is 9.80. The van der Waals surface area contributed by atoms with E-state index in [1.54, 1.807) is 6.92 Å². The molecule has 2 N–H and O–H groups in total. The van der Waals surface area contributed by atoms with Gasteiger partial charge in [-0.15, -0.1) is 0 Å². The number of hydrogen-bond acceptors (Lipinski definition) is 2. The molecule has 2 amide bonds. The molecule has 4 atom stereocenters. The molecule has 1 aliphatic carbocycles. The predicted octanol–water partition coefficient (Wildman–Crippen LogP) is 2.46. The van der Waals surface area contributed by atoms with Gasteiger partial charge in [0.05, 0.1) is 0 Å². The standard InChI is InChI=1S/C15H26N2O3/c1-10-5-6-12(11(2)9-10)16-14(20)17-8-4-7-15(17,3)13(18)19/h10-12H,4-9H2,1-3H3,(H,16,20)(H,18,19). The summed E-state index contributed by atoms with van der Waals surface area (Å²) in [6.07, 6.45) is 4.54. The maximum atomic E-state index is 12.4. The van der Waals surface area contributed by atoms with E-state index in [2.05, 4.69) is 19.2 Å². The van der Waals surface area contributed by atoms with Crippen molar-refractivity contribution in [3.8, 4) is 0 Å². The maximum Gasteiger partial charge on any atom is 0.329 e. The summed E-state index contributed by atoms with van der Waals surface area (Å²) in [6, 6.07) is -0.0313. The summed E-state index contributed by atoms with van der Waals surface area (Å²) in [5, 5.41) is 12.4. The summed E-state index contributed by atoms with van der Waals surface area (Å²) < 4.78 is 0. The number of nitrogens with one attached hydrogen (secondary N) is 1. The summed E-state index contributed by atoms with van der Waals surface area (Å²) >= 11 is 0. The lowest BCUT2D eigenvalue weighted by Gasteiger charge is -2.37. The summed E-state index contributed by atoms with van der Waals surface area (Å²) in [7, 11) is 0. The molecule has 0 radical (unpaired) electrons. The van der Waals surface area contributed by atoms with Gasteiger partial charge in [-0.1, -0.05) is 13.8 Å². The number of rotatable bonds is 2. The number of carbonyl (C=O) groups excluding carboxylic acids is 1. The maximum absolute atomic E-state index is 12.4. The number of carboxylic acids is 1. The molecule has 114 valence electrons. The number of urea groups is 1. The van der Waals surface area contributed by atoms with Gasteiger partial charge in [-0.2, -0.15) is 0 Å². The van der Waals surface area contributed by atoms with Crippen molar-refractivity contribution in [2.45, 2.75) is 64.5 Å². The van der Waals surface area contributed by atoms with Crippen LogP contribution < -0.4 is 5.32 Å². The average molecular weight is 282 g/mol. The molecule has 0 aromatic heterocycles. The molecular formula is C15H26N2O3. The molecule has 1 saturated heterocycles. The van der Waals surface area contributed by atoms with Crippen LogP contribution in [0.4, 0.5) is 4.79 Å².